The van der Waals surface area contributed by atoms with Crippen molar-refractivity contribution in [3.05, 3.63) is 44.4 Å². The molecule has 1 amide bonds. The van der Waals surface area contributed by atoms with E-state index in [9.17, 15) is 9.59 Å². The summed E-state index contributed by atoms with van der Waals surface area (Å²) in [5.41, 5.74) is 4.10. The molecule has 1 saturated carbocycles. The Hall–Kier alpha value is -2.48. The molecule has 0 aromatic carbocycles. The zero-order valence-corrected chi connectivity index (χ0v) is 19.2. The van der Waals surface area contributed by atoms with Crippen LogP contribution >= 0.6 is 0 Å². The molecule has 0 unspecified atom stereocenters. The lowest BCUT2D eigenvalue weighted by molar-refractivity contribution is 0.0591. The van der Waals surface area contributed by atoms with Crippen LogP contribution in [0.1, 0.15) is 96.7 Å². The predicted molar refractivity (Wildman–Crippen MR) is 122 cm³/mol. The van der Waals surface area contributed by atoms with Gasteiger partial charge in [0.15, 0.2) is 5.69 Å². The van der Waals surface area contributed by atoms with Gasteiger partial charge in [0.1, 0.15) is 5.82 Å². The Labute approximate surface area is 188 Å². The summed E-state index contributed by atoms with van der Waals surface area (Å²) in [4.78, 5) is 38.8. The van der Waals surface area contributed by atoms with Gasteiger partial charge in [-0.1, -0.05) is 19.8 Å². The van der Waals surface area contributed by atoms with Gasteiger partial charge in [0.2, 0.25) is 0 Å². The molecule has 1 atom stereocenters. The van der Waals surface area contributed by atoms with E-state index in [2.05, 4.69) is 27.0 Å². The Morgan fingerprint density at radius 1 is 1.12 bits per heavy atom. The van der Waals surface area contributed by atoms with Crippen LogP contribution in [0.15, 0.2) is 4.79 Å². The molecule has 2 aromatic rings. The summed E-state index contributed by atoms with van der Waals surface area (Å²) in [6.45, 7) is 6.34. The van der Waals surface area contributed by atoms with Crippen LogP contribution < -0.4 is 5.56 Å². The number of hydrogen-bond acceptors (Lipinski definition) is 5. The Kier molecular flexibility index (Phi) is 5.88. The maximum absolute atomic E-state index is 13.4. The van der Waals surface area contributed by atoms with E-state index in [1.54, 1.807) is 0 Å². The monoisotopic (exact) mass is 438 g/mol. The first-order chi connectivity index (χ1) is 15.6. The smallest absolute Gasteiger partial charge is 0.275 e. The number of carbonyl (C=O) groups is 1. The lowest BCUT2D eigenvalue weighted by atomic mass is 9.99. The van der Waals surface area contributed by atoms with E-state index < -0.39 is 0 Å². The first-order valence-electron chi connectivity index (χ1n) is 12.3. The Balaban J connectivity index is 1.44. The van der Waals surface area contributed by atoms with Crippen molar-refractivity contribution >= 4 is 5.91 Å². The van der Waals surface area contributed by atoms with Gasteiger partial charge in [-0.15, -0.1) is 0 Å². The van der Waals surface area contributed by atoms with Gasteiger partial charge in [0.05, 0.1) is 11.7 Å². The van der Waals surface area contributed by atoms with Crippen molar-refractivity contribution in [2.24, 2.45) is 0 Å². The van der Waals surface area contributed by atoms with Crippen LogP contribution in [0.5, 0.6) is 0 Å². The Morgan fingerprint density at radius 2 is 1.91 bits per heavy atom. The second kappa shape index (κ2) is 8.81. The third kappa shape index (κ3) is 3.78. The number of nitrogens with one attached hydrogen (secondary N) is 2. The number of aromatic amines is 2. The highest BCUT2D eigenvalue weighted by atomic mass is 16.2. The van der Waals surface area contributed by atoms with Gasteiger partial charge in [-0.25, -0.2) is 4.98 Å². The largest absolute Gasteiger partial charge is 0.327 e. The van der Waals surface area contributed by atoms with Gasteiger partial charge in [0.25, 0.3) is 11.5 Å². The van der Waals surface area contributed by atoms with Crippen molar-refractivity contribution in [3.63, 3.8) is 0 Å². The number of piperidine rings is 1. The van der Waals surface area contributed by atoms with Crippen LogP contribution in [-0.4, -0.2) is 55.0 Å². The molecule has 0 spiro atoms. The lowest BCUT2D eigenvalue weighted by Crippen LogP contribution is -2.43. The fraction of sp³-hybridized carbons (Fsp3) is 0.667. The minimum atomic E-state index is -0.211. The van der Waals surface area contributed by atoms with Gasteiger partial charge in [-0.2, -0.15) is 5.10 Å². The van der Waals surface area contributed by atoms with E-state index >= 15 is 0 Å². The summed E-state index contributed by atoms with van der Waals surface area (Å²) in [6.07, 6.45) is 9.45. The minimum Gasteiger partial charge on any atom is -0.327 e. The van der Waals surface area contributed by atoms with E-state index in [1.165, 1.54) is 25.7 Å². The van der Waals surface area contributed by atoms with Crippen molar-refractivity contribution in [2.75, 3.05) is 13.1 Å². The number of nitrogens with zero attached hydrogens (tertiary/aromatic N) is 4. The summed E-state index contributed by atoms with van der Waals surface area (Å²) < 4.78 is 0. The molecule has 0 radical (unpaired) electrons. The molecule has 5 rings (SSSR count). The standard InChI is InChI=1S/C24H34N6O2/c1-3-18-15(2)21(28-27-18)24(32)30-12-7-6-10-20(30)22-25-19-14-29(16-8-4-5-9-16)13-11-17(19)23(31)26-22/h16,20H,3-14H2,1-2H3,(H,27,28)(H,25,26,31)/t20-/m0/s1. The van der Waals surface area contributed by atoms with Crippen molar-refractivity contribution in [3.8, 4) is 0 Å². The fourth-order valence-electron chi connectivity index (χ4n) is 5.80. The second-order valence-electron chi connectivity index (χ2n) is 9.57. The van der Waals surface area contributed by atoms with E-state index in [0.717, 1.165) is 67.7 Å². The molecule has 8 nitrogen and oxygen atoms in total. The molecule has 3 aliphatic rings. The van der Waals surface area contributed by atoms with E-state index in [1.807, 2.05) is 11.8 Å². The average Bonchev–Trinajstić information content (AvgIpc) is 3.48. The third-order valence-electron chi connectivity index (χ3n) is 7.71. The highest BCUT2D eigenvalue weighted by Crippen LogP contribution is 2.32. The normalized spacial score (nSPS) is 22.3. The molecular weight excluding hydrogens is 404 g/mol. The van der Waals surface area contributed by atoms with Crippen LogP contribution in [0.25, 0.3) is 0 Å². The van der Waals surface area contributed by atoms with Crippen LogP contribution in [0, 0.1) is 6.92 Å². The van der Waals surface area contributed by atoms with Crippen LogP contribution in [-0.2, 0) is 19.4 Å². The Morgan fingerprint density at radius 3 is 2.66 bits per heavy atom. The first kappa shape index (κ1) is 21.4. The Bertz CT molecular complexity index is 1050. The number of H-pyrrole nitrogens is 2. The van der Waals surface area contributed by atoms with Crippen molar-refractivity contribution in [2.45, 2.75) is 90.3 Å². The highest BCUT2D eigenvalue weighted by molar-refractivity contribution is 5.94. The van der Waals surface area contributed by atoms with Crippen molar-refractivity contribution < 1.29 is 4.79 Å². The fourth-order valence-corrected chi connectivity index (χ4v) is 5.80. The number of fused-ring (bicyclic) bond motifs is 1. The van der Waals surface area contributed by atoms with Gasteiger partial charge in [0, 0.05) is 42.5 Å². The number of aromatic nitrogens is 4. The highest BCUT2D eigenvalue weighted by Gasteiger charge is 2.34. The molecule has 2 fully saturated rings. The summed E-state index contributed by atoms with van der Waals surface area (Å²) >= 11 is 0. The molecule has 2 N–H and O–H groups in total. The predicted octanol–water partition coefficient (Wildman–Crippen LogP) is 3.03. The van der Waals surface area contributed by atoms with E-state index in [0.29, 0.717) is 24.1 Å². The number of likely N-dealkylation sites (tertiary alicyclic amines) is 1. The number of aryl methyl sites for hydroxylation is 1. The van der Waals surface area contributed by atoms with Crippen molar-refractivity contribution in [1.82, 2.24) is 30.0 Å². The van der Waals surface area contributed by atoms with Gasteiger partial charge in [-0.3, -0.25) is 19.6 Å². The average molecular weight is 439 g/mol. The summed E-state index contributed by atoms with van der Waals surface area (Å²) in [5, 5.41) is 7.32. The van der Waals surface area contributed by atoms with Crippen LogP contribution in [0.2, 0.25) is 0 Å². The number of carbonyl (C=O) groups excluding carboxylic acids is 1. The van der Waals surface area contributed by atoms with E-state index in [4.69, 9.17) is 4.98 Å². The summed E-state index contributed by atoms with van der Waals surface area (Å²) in [5.74, 6) is 0.565. The maximum Gasteiger partial charge on any atom is 0.275 e. The SMILES string of the molecule is CCc1[nH]nc(C(=O)N2CCCC[C@H]2c2nc3c(c(=O)[nH]2)CCN(C2CCCC2)C3)c1C. The lowest BCUT2D eigenvalue weighted by Gasteiger charge is -2.36. The van der Waals surface area contributed by atoms with Gasteiger partial charge < -0.3 is 9.88 Å². The second-order valence-corrected chi connectivity index (χ2v) is 9.57. The summed E-state index contributed by atoms with van der Waals surface area (Å²) in [6, 6.07) is 0.410. The quantitative estimate of drug-likeness (QED) is 0.765. The zero-order chi connectivity index (χ0) is 22.2. The molecule has 0 bridgehead atoms. The molecule has 32 heavy (non-hydrogen) atoms. The molecule has 1 saturated heterocycles. The molecule has 2 aromatic heterocycles. The molecule has 1 aliphatic carbocycles. The number of hydrogen-bond donors (Lipinski definition) is 2. The van der Waals surface area contributed by atoms with E-state index in [-0.39, 0.29) is 17.5 Å². The van der Waals surface area contributed by atoms with Crippen LogP contribution in [0.4, 0.5) is 0 Å². The van der Waals surface area contributed by atoms with Gasteiger partial charge >= 0.3 is 0 Å². The molecule has 172 valence electrons. The molecule has 4 heterocycles. The molecule has 2 aliphatic heterocycles. The van der Waals surface area contributed by atoms with Crippen molar-refractivity contribution in [1.29, 1.82) is 0 Å². The molecule has 8 heteroatoms. The van der Waals surface area contributed by atoms with Gasteiger partial charge in [-0.05, 0) is 51.9 Å². The molecular formula is C24H34N6O2. The summed E-state index contributed by atoms with van der Waals surface area (Å²) in [7, 11) is 0. The number of rotatable bonds is 4. The first-order valence-corrected chi connectivity index (χ1v) is 12.3. The van der Waals surface area contributed by atoms with Crippen LogP contribution in [0.3, 0.4) is 0 Å². The number of amides is 1. The minimum absolute atomic E-state index is 0.0294. The third-order valence-corrected chi connectivity index (χ3v) is 7.71. The topological polar surface area (TPSA) is 98.0 Å². The maximum atomic E-state index is 13.4. The zero-order valence-electron chi connectivity index (χ0n) is 19.2.